The number of carbonyl (C=O) groups excluding carboxylic acids is 1. The van der Waals surface area contributed by atoms with Gasteiger partial charge in [-0.15, -0.1) is 0 Å². The van der Waals surface area contributed by atoms with E-state index in [2.05, 4.69) is 10.00 Å². The van der Waals surface area contributed by atoms with Crippen molar-refractivity contribution in [2.45, 2.75) is 44.6 Å². The highest BCUT2D eigenvalue weighted by atomic mass is 35.5. The molecule has 1 aromatic heterocycles. The van der Waals surface area contributed by atoms with Gasteiger partial charge in [-0.25, -0.2) is 0 Å². The van der Waals surface area contributed by atoms with Crippen LogP contribution >= 0.6 is 23.2 Å². The van der Waals surface area contributed by atoms with E-state index in [1.54, 1.807) is 24.3 Å². The van der Waals surface area contributed by atoms with Crippen molar-refractivity contribution in [3.8, 4) is 5.69 Å². The smallest absolute Gasteiger partial charge is 0.291 e. The molecule has 0 radical (unpaired) electrons. The third-order valence-corrected chi connectivity index (χ3v) is 6.49. The topological polar surface area (TPSA) is 55.2 Å². The van der Waals surface area contributed by atoms with Gasteiger partial charge in [0.2, 0.25) is 0 Å². The lowest BCUT2D eigenvalue weighted by Crippen LogP contribution is -2.49. The van der Waals surface area contributed by atoms with Crippen molar-refractivity contribution in [3.63, 3.8) is 0 Å². The second-order valence-electron chi connectivity index (χ2n) is 7.32. The zero-order valence-corrected chi connectivity index (χ0v) is 16.4. The van der Waals surface area contributed by atoms with Gasteiger partial charge >= 0.3 is 0 Å². The molecule has 2 aromatic rings. The number of fused-ring (bicyclic) bond motifs is 1. The van der Waals surface area contributed by atoms with E-state index in [1.165, 1.54) is 36.6 Å². The molecule has 2 heterocycles. The summed E-state index contributed by atoms with van der Waals surface area (Å²) in [7, 11) is 0. The number of benzene rings is 1. The van der Waals surface area contributed by atoms with Gasteiger partial charge in [0, 0.05) is 18.2 Å². The molecule has 0 unspecified atom stereocenters. The van der Waals surface area contributed by atoms with Gasteiger partial charge in [-0.05, 0) is 55.9 Å². The van der Waals surface area contributed by atoms with Crippen LogP contribution in [-0.2, 0) is 0 Å². The monoisotopic (exact) mass is 405 g/mol. The average Bonchev–Trinajstić information content (AvgIpc) is 2.71. The Morgan fingerprint density at radius 2 is 1.74 bits per heavy atom. The molecule has 1 aliphatic heterocycles. The summed E-state index contributed by atoms with van der Waals surface area (Å²) in [5, 5.41) is 4.08. The number of aromatic nitrogens is 2. The van der Waals surface area contributed by atoms with Crippen molar-refractivity contribution in [3.05, 3.63) is 56.4 Å². The van der Waals surface area contributed by atoms with Gasteiger partial charge in [0.25, 0.3) is 11.5 Å². The van der Waals surface area contributed by atoms with E-state index in [0.717, 1.165) is 19.4 Å². The van der Waals surface area contributed by atoms with Gasteiger partial charge in [0.15, 0.2) is 0 Å². The van der Waals surface area contributed by atoms with E-state index >= 15 is 0 Å². The molecule has 0 spiro atoms. The predicted molar refractivity (Wildman–Crippen MR) is 106 cm³/mol. The Labute approximate surface area is 167 Å². The minimum absolute atomic E-state index is 0.0662. The summed E-state index contributed by atoms with van der Waals surface area (Å²) in [6, 6.07) is 7.31. The first-order valence-corrected chi connectivity index (χ1v) is 10.2. The quantitative estimate of drug-likeness (QED) is 0.746. The summed E-state index contributed by atoms with van der Waals surface area (Å²) < 4.78 is 1.18. The Hall–Kier alpha value is -1.85. The Morgan fingerprint density at radius 1 is 1.04 bits per heavy atom. The van der Waals surface area contributed by atoms with Crippen LogP contribution in [0.4, 0.5) is 0 Å². The standard InChI is InChI=1S/C20H21Cl2N3O2/c21-16-12-23-25(20(27)18(16)22)15-9-7-14(8-10-15)19(26)24-11-3-5-13-4-1-2-6-17(13)24/h7-10,12-13,17H,1-6,11H2/t13-,17-/m0/s1. The average molecular weight is 406 g/mol. The molecule has 142 valence electrons. The SMILES string of the molecule is O=C(c1ccc(-n2ncc(Cl)c(Cl)c2=O)cc1)N1CCC[C@@H]2CCCC[C@@H]21. The van der Waals surface area contributed by atoms with Crippen LogP contribution in [0.2, 0.25) is 10.0 Å². The number of carbonyl (C=O) groups is 1. The number of piperidine rings is 1. The molecular weight excluding hydrogens is 385 g/mol. The van der Waals surface area contributed by atoms with Gasteiger partial charge in [0.05, 0.1) is 16.9 Å². The Bertz CT molecular complexity index is 908. The lowest BCUT2D eigenvalue weighted by Gasteiger charge is -2.44. The number of likely N-dealkylation sites (tertiary alicyclic amines) is 1. The molecule has 1 saturated carbocycles. The van der Waals surface area contributed by atoms with Gasteiger partial charge in [-0.1, -0.05) is 36.0 Å². The number of hydrogen-bond donors (Lipinski definition) is 0. The van der Waals surface area contributed by atoms with Crippen LogP contribution in [0, 0.1) is 5.92 Å². The van der Waals surface area contributed by atoms with Gasteiger partial charge in [-0.2, -0.15) is 9.78 Å². The molecule has 1 aromatic carbocycles. The van der Waals surface area contributed by atoms with Crippen LogP contribution < -0.4 is 5.56 Å². The Kier molecular flexibility index (Phi) is 5.24. The van der Waals surface area contributed by atoms with Gasteiger partial charge < -0.3 is 4.90 Å². The largest absolute Gasteiger partial charge is 0.335 e. The van der Waals surface area contributed by atoms with Crippen molar-refractivity contribution in [1.29, 1.82) is 0 Å². The molecule has 2 aliphatic rings. The van der Waals surface area contributed by atoms with E-state index in [4.69, 9.17) is 23.2 Å². The molecule has 4 rings (SSSR count). The molecule has 27 heavy (non-hydrogen) atoms. The van der Waals surface area contributed by atoms with E-state index in [0.29, 0.717) is 23.2 Å². The number of rotatable bonds is 2. The van der Waals surface area contributed by atoms with Crippen LogP contribution in [0.15, 0.2) is 35.3 Å². The van der Waals surface area contributed by atoms with E-state index in [-0.39, 0.29) is 16.0 Å². The Balaban J connectivity index is 1.58. The third-order valence-electron chi connectivity index (χ3n) is 5.74. The second kappa shape index (κ2) is 7.64. The van der Waals surface area contributed by atoms with Crippen molar-refractivity contribution in [1.82, 2.24) is 14.7 Å². The molecule has 1 amide bonds. The normalized spacial score (nSPS) is 22.4. The molecule has 5 nitrogen and oxygen atoms in total. The summed E-state index contributed by atoms with van der Waals surface area (Å²) in [6.45, 7) is 0.829. The minimum Gasteiger partial charge on any atom is -0.335 e. The van der Waals surface area contributed by atoms with Gasteiger partial charge in [0.1, 0.15) is 5.02 Å². The number of halogens is 2. The highest BCUT2D eigenvalue weighted by Gasteiger charge is 2.35. The maximum absolute atomic E-state index is 13.1. The Morgan fingerprint density at radius 3 is 2.52 bits per heavy atom. The van der Waals surface area contributed by atoms with E-state index < -0.39 is 5.56 Å². The molecule has 1 saturated heterocycles. The molecular formula is C20H21Cl2N3O2. The molecule has 2 fully saturated rings. The summed E-state index contributed by atoms with van der Waals surface area (Å²) in [5.41, 5.74) is 0.701. The first-order chi connectivity index (χ1) is 13.1. The third kappa shape index (κ3) is 3.50. The molecule has 0 bridgehead atoms. The fourth-order valence-electron chi connectivity index (χ4n) is 4.38. The molecule has 7 heteroatoms. The van der Waals surface area contributed by atoms with Crippen LogP contribution in [0.3, 0.4) is 0 Å². The lowest BCUT2D eigenvalue weighted by atomic mass is 9.78. The van der Waals surface area contributed by atoms with Crippen LogP contribution in [0.25, 0.3) is 5.69 Å². The fourth-order valence-corrected chi connectivity index (χ4v) is 4.64. The first-order valence-electron chi connectivity index (χ1n) is 9.41. The number of hydrogen-bond acceptors (Lipinski definition) is 3. The maximum Gasteiger partial charge on any atom is 0.291 e. The zero-order valence-electron chi connectivity index (χ0n) is 14.9. The van der Waals surface area contributed by atoms with Crippen LogP contribution in [-0.4, -0.2) is 33.2 Å². The minimum atomic E-state index is -0.482. The molecule has 1 aliphatic carbocycles. The zero-order chi connectivity index (χ0) is 19.0. The van der Waals surface area contributed by atoms with E-state index in [1.807, 2.05) is 0 Å². The summed E-state index contributed by atoms with van der Waals surface area (Å²) in [6.07, 6.45) is 8.48. The fraction of sp³-hybridized carbons (Fsp3) is 0.450. The summed E-state index contributed by atoms with van der Waals surface area (Å²) in [4.78, 5) is 27.4. The molecule has 2 atom stereocenters. The van der Waals surface area contributed by atoms with Crippen molar-refractivity contribution >= 4 is 29.1 Å². The summed E-state index contributed by atoms with van der Waals surface area (Å²) >= 11 is 11.7. The highest BCUT2D eigenvalue weighted by molar-refractivity contribution is 6.41. The van der Waals surface area contributed by atoms with E-state index in [9.17, 15) is 9.59 Å². The van der Waals surface area contributed by atoms with Crippen LogP contribution in [0.1, 0.15) is 48.9 Å². The van der Waals surface area contributed by atoms with Gasteiger partial charge in [-0.3, -0.25) is 9.59 Å². The summed E-state index contributed by atoms with van der Waals surface area (Å²) in [5.74, 6) is 0.724. The molecule has 0 N–H and O–H groups in total. The van der Waals surface area contributed by atoms with Crippen molar-refractivity contribution in [2.75, 3.05) is 6.54 Å². The van der Waals surface area contributed by atoms with Crippen molar-refractivity contribution in [2.24, 2.45) is 5.92 Å². The van der Waals surface area contributed by atoms with Crippen molar-refractivity contribution < 1.29 is 4.79 Å². The van der Waals surface area contributed by atoms with Crippen LogP contribution in [0.5, 0.6) is 0 Å². The lowest BCUT2D eigenvalue weighted by molar-refractivity contribution is 0.0390. The predicted octanol–water partition coefficient (Wildman–Crippen LogP) is 4.33. The number of nitrogens with zero attached hydrogens (tertiary/aromatic N) is 3. The second-order valence-corrected chi connectivity index (χ2v) is 8.11. The number of amides is 1. The maximum atomic E-state index is 13.1. The first kappa shape index (κ1) is 18.5. The highest BCUT2D eigenvalue weighted by Crippen LogP contribution is 2.36.